The van der Waals surface area contributed by atoms with Crippen LogP contribution in [0.2, 0.25) is 0 Å². The maximum atomic E-state index is 13.0. The van der Waals surface area contributed by atoms with Crippen LogP contribution in [0.25, 0.3) is 0 Å². The molecular formula is C16H14BrFN2. The first-order valence-corrected chi connectivity index (χ1v) is 7.08. The Kier molecular flexibility index (Phi) is 4.75. The Balaban J connectivity index is 2.03. The van der Waals surface area contributed by atoms with Crippen molar-refractivity contribution in [3.8, 4) is 6.07 Å². The van der Waals surface area contributed by atoms with Crippen LogP contribution in [-0.2, 0) is 6.42 Å². The monoisotopic (exact) mass is 332 g/mol. The Labute approximate surface area is 126 Å². The molecule has 0 aliphatic rings. The van der Waals surface area contributed by atoms with Crippen molar-refractivity contribution in [2.24, 2.45) is 0 Å². The van der Waals surface area contributed by atoms with Crippen molar-refractivity contribution in [2.45, 2.75) is 13.3 Å². The molecule has 0 radical (unpaired) electrons. The Morgan fingerprint density at radius 3 is 2.80 bits per heavy atom. The summed E-state index contributed by atoms with van der Waals surface area (Å²) in [6.45, 7) is 2.59. The zero-order chi connectivity index (χ0) is 14.5. The Bertz CT molecular complexity index is 662. The average molecular weight is 333 g/mol. The van der Waals surface area contributed by atoms with E-state index in [9.17, 15) is 4.39 Å². The second-order valence-electron chi connectivity index (χ2n) is 4.52. The molecule has 0 heterocycles. The van der Waals surface area contributed by atoms with Crippen molar-refractivity contribution < 1.29 is 4.39 Å². The molecule has 102 valence electrons. The van der Waals surface area contributed by atoms with Gasteiger partial charge in [0, 0.05) is 11.0 Å². The summed E-state index contributed by atoms with van der Waals surface area (Å²) in [5.74, 6) is -0.210. The third-order valence-corrected chi connectivity index (χ3v) is 3.80. The molecule has 0 saturated heterocycles. The smallest absolute Gasteiger partial charge is 0.123 e. The summed E-state index contributed by atoms with van der Waals surface area (Å²) >= 11 is 3.36. The van der Waals surface area contributed by atoms with E-state index in [0.29, 0.717) is 12.1 Å². The average Bonchev–Trinajstić information content (AvgIpc) is 2.41. The molecule has 4 heteroatoms. The summed E-state index contributed by atoms with van der Waals surface area (Å²) in [5.41, 5.74) is 3.46. The third kappa shape index (κ3) is 3.37. The lowest BCUT2D eigenvalue weighted by Crippen LogP contribution is -2.07. The predicted molar refractivity (Wildman–Crippen MR) is 82.2 cm³/mol. The van der Waals surface area contributed by atoms with Crippen LogP contribution in [-0.4, -0.2) is 6.54 Å². The number of rotatable bonds is 4. The van der Waals surface area contributed by atoms with Crippen molar-refractivity contribution in [1.82, 2.24) is 0 Å². The first kappa shape index (κ1) is 14.5. The maximum absolute atomic E-state index is 13.0. The molecule has 1 N–H and O–H groups in total. The van der Waals surface area contributed by atoms with Gasteiger partial charge in [0.2, 0.25) is 0 Å². The number of aryl methyl sites for hydroxylation is 1. The molecule has 0 aromatic heterocycles. The van der Waals surface area contributed by atoms with Crippen LogP contribution in [0.5, 0.6) is 0 Å². The van der Waals surface area contributed by atoms with Gasteiger partial charge in [-0.3, -0.25) is 0 Å². The normalized spacial score (nSPS) is 10.1. The van der Waals surface area contributed by atoms with Crippen LogP contribution in [0.1, 0.15) is 16.7 Å². The molecule has 0 amide bonds. The molecule has 2 rings (SSSR count). The highest BCUT2D eigenvalue weighted by molar-refractivity contribution is 9.10. The number of halogens is 2. The molecule has 2 aromatic carbocycles. The molecule has 2 nitrogen and oxygen atoms in total. The van der Waals surface area contributed by atoms with Crippen LogP contribution in [0.4, 0.5) is 10.1 Å². The first-order valence-electron chi connectivity index (χ1n) is 6.29. The van der Waals surface area contributed by atoms with E-state index >= 15 is 0 Å². The van der Waals surface area contributed by atoms with E-state index in [2.05, 4.69) is 27.3 Å². The minimum Gasteiger partial charge on any atom is -0.384 e. The minimum atomic E-state index is -0.210. The SMILES string of the molecule is Cc1cc(F)ccc1CCNc1cccc(Br)c1C#N. The lowest BCUT2D eigenvalue weighted by Gasteiger charge is -2.10. The Hall–Kier alpha value is -1.86. The quantitative estimate of drug-likeness (QED) is 0.899. The number of benzene rings is 2. The molecule has 20 heavy (non-hydrogen) atoms. The van der Waals surface area contributed by atoms with Crippen LogP contribution in [0.3, 0.4) is 0 Å². The minimum absolute atomic E-state index is 0.210. The van der Waals surface area contributed by atoms with Gasteiger partial charge in [-0.25, -0.2) is 4.39 Å². The lowest BCUT2D eigenvalue weighted by molar-refractivity contribution is 0.625. The van der Waals surface area contributed by atoms with Crippen molar-refractivity contribution in [1.29, 1.82) is 5.26 Å². The van der Waals surface area contributed by atoms with Gasteiger partial charge in [-0.15, -0.1) is 0 Å². The van der Waals surface area contributed by atoms with Crippen molar-refractivity contribution >= 4 is 21.6 Å². The number of anilines is 1. The molecule has 0 aliphatic heterocycles. The summed E-state index contributed by atoms with van der Waals surface area (Å²) in [6, 6.07) is 12.6. The standard InChI is InChI=1S/C16H14BrFN2/c1-11-9-13(18)6-5-12(11)7-8-20-16-4-2-3-15(17)14(16)10-19/h2-6,9,20H,7-8H2,1H3. The fourth-order valence-electron chi connectivity index (χ4n) is 2.06. The second kappa shape index (κ2) is 6.53. The van der Waals surface area contributed by atoms with Gasteiger partial charge < -0.3 is 5.32 Å². The number of nitrogens with one attached hydrogen (secondary N) is 1. The molecule has 0 atom stereocenters. The highest BCUT2D eigenvalue weighted by Crippen LogP contribution is 2.23. The molecule has 0 fully saturated rings. The predicted octanol–water partition coefficient (Wildman–Crippen LogP) is 4.42. The number of hydrogen-bond donors (Lipinski definition) is 1. The van der Waals surface area contributed by atoms with Crippen LogP contribution in [0, 0.1) is 24.1 Å². The largest absolute Gasteiger partial charge is 0.384 e. The fraction of sp³-hybridized carbons (Fsp3) is 0.188. The van der Waals surface area contributed by atoms with Crippen molar-refractivity contribution in [2.75, 3.05) is 11.9 Å². The second-order valence-corrected chi connectivity index (χ2v) is 5.38. The molecule has 0 spiro atoms. The van der Waals surface area contributed by atoms with Crippen LogP contribution in [0.15, 0.2) is 40.9 Å². The van der Waals surface area contributed by atoms with Gasteiger partial charge in [0.25, 0.3) is 0 Å². The van der Waals surface area contributed by atoms with Gasteiger partial charge >= 0.3 is 0 Å². The molecule has 2 aromatic rings. The van der Waals surface area contributed by atoms with E-state index in [4.69, 9.17) is 5.26 Å². The van der Waals surface area contributed by atoms with E-state index in [1.54, 1.807) is 6.07 Å². The number of nitriles is 1. The first-order chi connectivity index (χ1) is 9.61. The van der Waals surface area contributed by atoms with Crippen molar-refractivity contribution in [3.05, 3.63) is 63.4 Å². The highest BCUT2D eigenvalue weighted by Gasteiger charge is 2.06. The molecule has 0 aliphatic carbocycles. The Morgan fingerprint density at radius 2 is 2.10 bits per heavy atom. The summed E-state index contributed by atoms with van der Waals surface area (Å²) in [4.78, 5) is 0. The zero-order valence-corrected chi connectivity index (χ0v) is 12.7. The van der Waals surface area contributed by atoms with Crippen LogP contribution >= 0.6 is 15.9 Å². The number of hydrogen-bond acceptors (Lipinski definition) is 2. The zero-order valence-electron chi connectivity index (χ0n) is 11.1. The maximum Gasteiger partial charge on any atom is 0.123 e. The fourth-order valence-corrected chi connectivity index (χ4v) is 2.51. The van der Waals surface area contributed by atoms with Gasteiger partial charge in [0.15, 0.2) is 0 Å². The van der Waals surface area contributed by atoms with Gasteiger partial charge in [-0.05, 0) is 64.7 Å². The molecule has 0 unspecified atom stereocenters. The van der Waals surface area contributed by atoms with Gasteiger partial charge in [0.05, 0.1) is 11.3 Å². The third-order valence-electron chi connectivity index (χ3n) is 3.14. The van der Waals surface area contributed by atoms with Gasteiger partial charge in [-0.2, -0.15) is 5.26 Å². The van der Waals surface area contributed by atoms with Gasteiger partial charge in [0.1, 0.15) is 11.9 Å². The topological polar surface area (TPSA) is 35.8 Å². The molecular weight excluding hydrogens is 319 g/mol. The van der Waals surface area contributed by atoms with E-state index in [1.807, 2.05) is 25.1 Å². The van der Waals surface area contributed by atoms with E-state index in [0.717, 1.165) is 27.7 Å². The Morgan fingerprint density at radius 1 is 1.30 bits per heavy atom. The van der Waals surface area contributed by atoms with Crippen LogP contribution < -0.4 is 5.32 Å². The summed E-state index contributed by atoms with van der Waals surface area (Å²) in [7, 11) is 0. The molecule has 0 bridgehead atoms. The lowest BCUT2D eigenvalue weighted by atomic mass is 10.1. The highest BCUT2D eigenvalue weighted by atomic mass is 79.9. The summed E-state index contributed by atoms with van der Waals surface area (Å²) in [5, 5.41) is 12.4. The van der Waals surface area contributed by atoms with E-state index in [1.165, 1.54) is 12.1 Å². The van der Waals surface area contributed by atoms with E-state index < -0.39 is 0 Å². The van der Waals surface area contributed by atoms with E-state index in [-0.39, 0.29) is 5.82 Å². The van der Waals surface area contributed by atoms with Gasteiger partial charge in [-0.1, -0.05) is 12.1 Å². The summed E-state index contributed by atoms with van der Waals surface area (Å²) < 4.78 is 13.8. The molecule has 0 saturated carbocycles. The summed E-state index contributed by atoms with van der Waals surface area (Å²) in [6.07, 6.45) is 0.781. The number of nitrogens with zero attached hydrogens (tertiary/aromatic N) is 1. The van der Waals surface area contributed by atoms with Crippen molar-refractivity contribution in [3.63, 3.8) is 0 Å².